The summed E-state index contributed by atoms with van der Waals surface area (Å²) >= 11 is 0. The van der Waals surface area contributed by atoms with Gasteiger partial charge in [0.1, 0.15) is 12.6 Å². The van der Waals surface area contributed by atoms with Crippen LogP contribution in [0.5, 0.6) is 0 Å². The van der Waals surface area contributed by atoms with Crippen LogP contribution in [0.1, 0.15) is 19.3 Å². The van der Waals surface area contributed by atoms with Gasteiger partial charge in [0, 0.05) is 7.11 Å². The van der Waals surface area contributed by atoms with E-state index in [-0.39, 0.29) is 12.0 Å². The van der Waals surface area contributed by atoms with E-state index in [0.717, 1.165) is 25.8 Å². The van der Waals surface area contributed by atoms with Crippen LogP contribution in [-0.2, 0) is 19.0 Å². The van der Waals surface area contributed by atoms with Crippen molar-refractivity contribution in [3.63, 3.8) is 0 Å². The first-order valence-electron chi connectivity index (χ1n) is 5.81. The van der Waals surface area contributed by atoms with E-state index in [1.807, 2.05) is 0 Å². The molecule has 1 aliphatic rings. The van der Waals surface area contributed by atoms with Crippen LogP contribution in [0.15, 0.2) is 0 Å². The topological polar surface area (TPSA) is 56.8 Å². The SMILES string of the molecule is COCCOCCOC(=O)[C@H]1CCCCN1. The molecule has 0 aliphatic carbocycles. The Kier molecular flexibility index (Phi) is 7.12. The van der Waals surface area contributed by atoms with Gasteiger partial charge in [-0.05, 0) is 19.4 Å². The van der Waals surface area contributed by atoms with E-state index in [4.69, 9.17) is 14.2 Å². The Balaban J connectivity index is 1.97. The molecule has 1 saturated heterocycles. The van der Waals surface area contributed by atoms with E-state index >= 15 is 0 Å². The molecule has 0 bridgehead atoms. The summed E-state index contributed by atoms with van der Waals surface area (Å²) in [5.74, 6) is -0.157. The molecule has 1 fully saturated rings. The van der Waals surface area contributed by atoms with E-state index in [1.165, 1.54) is 0 Å². The van der Waals surface area contributed by atoms with Crippen molar-refractivity contribution in [3.05, 3.63) is 0 Å². The van der Waals surface area contributed by atoms with Gasteiger partial charge in [-0.3, -0.25) is 4.79 Å². The Bertz CT molecular complexity index is 192. The molecule has 0 unspecified atom stereocenters. The van der Waals surface area contributed by atoms with Gasteiger partial charge in [-0.25, -0.2) is 0 Å². The molecule has 0 aromatic heterocycles. The predicted octanol–water partition coefficient (Wildman–Crippen LogP) is 0.335. The molecule has 0 saturated carbocycles. The molecule has 1 N–H and O–H groups in total. The van der Waals surface area contributed by atoms with Crippen molar-refractivity contribution < 1.29 is 19.0 Å². The number of carbonyl (C=O) groups excluding carboxylic acids is 1. The van der Waals surface area contributed by atoms with Gasteiger partial charge in [0.15, 0.2) is 0 Å². The third-order valence-corrected chi connectivity index (χ3v) is 2.50. The Hall–Kier alpha value is -0.650. The summed E-state index contributed by atoms with van der Waals surface area (Å²) in [5, 5.41) is 3.14. The van der Waals surface area contributed by atoms with Crippen molar-refractivity contribution >= 4 is 5.97 Å². The maximum Gasteiger partial charge on any atom is 0.323 e. The molecule has 0 amide bonds. The zero-order valence-corrected chi connectivity index (χ0v) is 9.87. The predicted molar refractivity (Wildman–Crippen MR) is 59.3 cm³/mol. The minimum absolute atomic E-state index is 0.118. The molecule has 1 heterocycles. The zero-order valence-electron chi connectivity index (χ0n) is 9.87. The molecule has 0 aromatic carbocycles. The average molecular weight is 231 g/mol. The van der Waals surface area contributed by atoms with Crippen molar-refractivity contribution in [2.45, 2.75) is 25.3 Å². The van der Waals surface area contributed by atoms with Gasteiger partial charge in [0.05, 0.1) is 19.8 Å². The van der Waals surface area contributed by atoms with Crippen LogP contribution < -0.4 is 5.32 Å². The van der Waals surface area contributed by atoms with Gasteiger partial charge in [-0.15, -0.1) is 0 Å². The number of methoxy groups -OCH3 is 1. The fourth-order valence-electron chi connectivity index (χ4n) is 1.60. The van der Waals surface area contributed by atoms with E-state index in [0.29, 0.717) is 26.4 Å². The van der Waals surface area contributed by atoms with E-state index < -0.39 is 0 Å². The Morgan fingerprint density at radius 2 is 2.06 bits per heavy atom. The lowest BCUT2D eigenvalue weighted by molar-refractivity contribution is -0.148. The summed E-state index contributed by atoms with van der Waals surface area (Å²) < 4.78 is 15.1. The summed E-state index contributed by atoms with van der Waals surface area (Å²) in [5.41, 5.74) is 0. The minimum Gasteiger partial charge on any atom is -0.462 e. The molecule has 1 aliphatic heterocycles. The van der Waals surface area contributed by atoms with Crippen molar-refractivity contribution in [1.82, 2.24) is 5.32 Å². The highest BCUT2D eigenvalue weighted by Gasteiger charge is 2.21. The van der Waals surface area contributed by atoms with E-state index in [1.54, 1.807) is 7.11 Å². The van der Waals surface area contributed by atoms with Crippen LogP contribution in [0.4, 0.5) is 0 Å². The van der Waals surface area contributed by atoms with Crippen LogP contribution >= 0.6 is 0 Å². The first-order valence-corrected chi connectivity index (χ1v) is 5.81. The second kappa shape index (κ2) is 8.50. The molecule has 1 atom stereocenters. The number of hydrogen-bond acceptors (Lipinski definition) is 5. The van der Waals surface area contributed by atoms with Crippen molar-refractivity contribution in [2.24, 2.45) is 0 Å². The molecule has 1 rings (SSSR count). The lowest BCUT2D eigenvalue weighted by Gasteiger charge is -2.21. The van der Waals surface area contributed by atoms with Crippen LogP contribution in [0, 0.1) is 0 Å². The van der Waals surface area contributed by atoms with Gasteiger partial charge >= 0.3 is 5.97 Å². The second-order valence-corrected chi connectivity index (χ2v) is 3.78. The largest absolute Gasteiger partial charge is 0.462 e. The Labute approximate surface area is 96.4 Å². The normalized spacial score (nSPS) is 20.7. The number of piperidine rings is 1. The molecule has 5 heteroatoms. The number of hydrogen-bond donors (Lipinski definition) is 1. The van der Waals surface area contributed by atoms with Gasteiger partial charge in [0.2, 0.25) is 0 Å². The van der Waals surface area contributed by atoms with Crippen LogP contribution in [0.25, 0.3) is 0 Å². The summed E-state index contributed by atoms with van der Waals surface area (Å²) in [7, 11) is 1.62. The summed E-state index contributed by atoms with van der Waals surface area (Å²) in [6.07, 6.45) is 3.12. The minimum atomic E-state index is -0.157. The number of ether oxygens (including phenoxy) is 3. The van der Waals surface area contributed by atoms with Crippen LogP contribution in [0.3, 0.4) is 0 Å². The molecular weight excluding hydrogens is 210 g/mol. The lowest BCUT2D eigenvalue weighted by atomic mass is 10.1. The highest BCUT2D eigenvalue weighted by Crippen LogP contribution is 2.07. The third kappa shape index (κ3) is 5.44. The van der Waals surface area contributed by atoms with Crippen LogP contribution in [0.2, 0.25) is 0 Å². The molecule has 16 heavy (non-hydrogen) atoms. The van der Waals surface area contributed by atoms with Crippen molar-refractivity contribution in [1.29, 1.82) is 0 Å². The molecule has 0 radical (unpaired) electrons. The van der Waals surface area contributed by atoms with Gasteiger partial charge in [-0.2, -0.15) is 0 Å². The smallest absolute Gasteiger partial charge is 0.323 e. The zero-order chi connectivity index (χ0) is 11.6. The standard InChI is InChI=1S/C11H21NO4/c1-14-6-7-15-8-9-16-11(13)10-4-2-3-5-12-10/h10,12H,2-9H2,1H3/t10-/m1/s1. The summed E-state index contributed by atoms with van der Waals surface area (Å²) in [4.78, 5) is 11.5. The number of esters is 1. The molecule has 0 aromatic rings. The maximum absolute atomic E-state index is 11.5. The number of carbonyl (C=O) groups is 1. The third-order valence-electron chi connectivity index (χ3n) is 2.50. The monoisotopic (exact) mass is 231 g/mol. The van der Waals surface area contributed by atoms with E-state index in [9.17, 15) is 4.79 Å². The fourth-order valence-corrected chi connectivity index (χ4v) is 1.60. The first kappa shape index (κ1) is 13.4. The van der Waals surface area contributed by atoms with Gasteiger partial charge in [-0.1, -0.05) is 6.42 Å². The molecule has 0 spiro atoms. The molecular formula is C11H21NO4. The Morgan fingerprint density at radius 3 is 2.75 bits per heavy atom. The average Bonchev–Trinajstić information content (AvgIpc) is 2.34. The molecule has 5 nitrogen and oxygen atoms in total. The number of nitrogens with one attached hydrogen (secondary N) is 1. The first-order chi connectivity index (χ1) is 7.84. The highest BCUT2D eigenvalue weighted by atomic mass is 16.6. The highest BCUT2D eigenvalue weighted by molar-refractivity contribution is 5.75. The summed E-state index contributed by atoms with van der Waals surface area (Å²) in [6.45, 7) is 2.76. The maximum atomic E-state index is 11.5. The fraction of sp³-hybridized carbons (Fsp3) is 0.909. The van der Waals surface area contributed by atoms with Gasteiger partial charge in [0.25, 0.3) is 0 Å². The van der Waals surface area contributed by atoms with Crippen LogP contribution in [-0.4, -0.2) is 52.1 Å². The van der Waals surface area contributed by atoms with E-state index in [2.05, 4.69) is 5.32 Å². The number of rotatable bonds is 7. The van der Waals surface area contributed by atoms with Gasteiger partial charge < -0.3 is 19.5 Å². The second-order valence-electron chi connectivity index (χ2n) is 3.78. The quantitative estimate of drug-likeness (QED) is 0.505. The summed E-state index contributed by atoms with van der Waals surface area (Å²) in [6, 6.07) is -0.118. The molecule has 94 valence electrons. The Morgan fingerprint density at radius 1 is 1.25 bits per heavy atom. The van der Waals surface area contributed by atoms with Crippen molar-refractivity contribution in [2.75, 3.05) is 40.1 Å². The lowest BCUT2D eigenvalue weighted by Crippen LogP contribution is -2.41. The van der Waals surface area contributed by atoms with Crippen molar-refractivity contribution in [3.8, 4) is 0 Å².